The number of carbonyl (C=O) groups excluding carboxylic acids is 1. The molecule has 0 aliphatic carbocycles. The van der Waals surface area contributed by atoms with Crippen molar-refractivity contribution in [2.75, 3.05) is 19.6 Å². The van der Waals surface area contributed by atoms with Gasteiger partial charge in [-0.25, -0.2) is 0 Å². The molecular weight excluding hydrogens is 152 g/mol. The summed E-state index contributed by atoms with van der Waals surface area (Å²) in [6, 6.07) is 0.458. The van der Waals surface area contributed by atoms with Crippen molar-refractivity contribution in [2.24, 2.45) is 5.92 Å². The summed E-state index contributed by atoms with van der Waals surface area (Å²) < 4.78 is 0. The van der Waals surface area contributed by atoms with Crippen molar-refractivity contribution in [2.45, 2.75) is 19.4 Å². The maximum Gasteiger partial charge on any atom is 0.219 e. The molecule has 2 atom stereocenters. The standard InChI is InChI=1S/C9H15N2O/c1-7(12)11-4-3-8-5-10(2)6-9(8)11/h8-9H,2-6H2,1H3/q-1/t8-,9+/m1/s1. The van der Waals surface area contributed by atoms with Crippen molar-refractivity contribution in [3.05, 3.63) is 7.05 Å². The Kier molecular flexibility index (Phi) is 1.83. The molecule has 0 unspecified atom stereocenters. The van der Waals surface area contributed by atoms with E-state index in [2.05, 4.69) is 11.9 Å². The van der Waals surface area contributed by atoms with Gasteiger partial charge in [0.25, 0.3) is 0 Å². The molecule has 0 bridgehead atoms. The molecule has 68 valence electrons. The van der Waals surface area contributed by atoms with Crippen LogP contribution in [-0.2, 0) is 4.79 Å². The van der Waals surface area contributed by atoms with Crippen LogP contribution in [0.5, 0.6) is 0 Å². The van der Waals surface area contributed by atoms with Gasteiger partial charge in [0.2, 0.25) is 5.91 Å². The summed E-state index contributed by atoms with van der Waals surface area (Å²) in [5.74, 6) is 0.907. The summed E-state index contributed by atoms with van der Waals surface area (Å²) in [5.41, 5.74) is 0. The minimum absolute atomic E-state index is 0.220. The molecule has 3 heteroatoms. The Morgan fingerprint density at radius 1 is 1.50 bits per heavy atom. The first-order valence-electron chi connectivity index (χ1n) is 4.51. The number of fused-ring (bicyclic) bond motifs is 1. The third kappa shape index (κ3) is 1.12. The predicted molar refractivity (Wildman–Crippen MR) is 46.2 cm³/mol. The van der Waals surface area contributed by atoms with E-state index in [4.69, 9.17) is 0 Å². The third-order valence-electron chi connectivity index (χ3n) is 3.03. The van der Waals surface area contributed by atoms with E-state index in [1.165, 1.54) is 0 Å². The number of hydrogen-bond acceptors (Lipinski definition) is 2. The maximum atomic E-state index is 11.2. The van der Waals surface area contributed by atoms with Gasteiger partial charge >= 0.3 is 0 Å². The maximum absolute atomic E-state index is 11.2. The normalized spacial score (nSPS) is 35.7. The molecule has 2 aliphatic heterocycles. The van der Waals surface area contributed by atoms with Gasteiger partial charge in [-0.3, -0.25) is 11.8 Å². The van der Waals surface area contributed by atoms with Crippen LogP contribution in [0.2, 0.25) is 0 Å². The molecule has 2 saturated heterocycles. The van der Waals surface area contributed by atoms with Gasteiger partial charge in [-0.2, -0.15) is 0 Å². The zero-order valence-electron chi connectivity index (χ0n) is 7.49. The topological polar surface area (TPSA) is 23.6 Å². The summed E-state index contributed by atoms with van der Waals surface area (Å²) in [7, 11) is 3.91. The van der Waals surface area contributed by atoms with Gasteiger partial charge < -0.3 is 9.80 Å². The highest BCUT2D eigenvalue weighted by Crippen LogP contribution is 2.30. The van der Waals surface area contributed by atoms with Crippen molar-refractivity contribution in [1.29, 1.82) is 0 Å². The number of likely N-dealkylation sites (tertiary alicyclic amines) is 2. The molecule has 2 rings (SSSR count). The van der Waals surface area contributed by atoms with Crippen molar-refractivity contribution >= 4 is 5.91 Å². The Labute approximate surface area is 73.3 Å². The fourth-order valence-electron chi connectivity index (χ4n) is 2.44. The highest BCUT2D eigenvalue weighted by Gasteiger charge is 2.39. The molecule has 3 nitrogen and oxygen atoms in total. The molecule has 0 aromatic carbocycles. The number of amides is 1. The molecule has 0 radical (unpaired) electrons. The Hall–Kier alpha value is -0.570. The smallest absolute Gasteiger partial charge is 0.219 e. The van der Waals surface area contributed by atoms with Crippen LogP contribution in [0.15, 0.2) is 0 Å². The summed E-state index contributed by atoms with van der Waals surface area (Å²) in [6.07, 6.45) is 1.16. The molecule has 2 fully saturated rings. The average molecular weight is 167 g/mol. The molecule has 12 heavy (non-hydrogen) atoms. The Bertz CT molecular complexity index is 205. The fourth-order valence-corrected chi connectivity index (χ4v) is 2.44. The first kappa shape index (κ1) is 8.05. The lowest BCUT2D eigenvalue weighted by atomic mass is 10.1. The van der Waals surface area contributed by atoms with Crippen LogP contribution in [0.4, 0.5) is 0 Å². The van der Waals surface area contributed by atoms with Crippen LogP contribution >= 0.6 is 0 Å². The average Bonchev–Trinajstić information content (AvgIpc) is 2.43. The molecule has 2 heterocycles. The second kappa shape index (κ2) is 2.73. The monoisotopic (exact) mass is 167 g/mol. The molecule has 0 spiro atoms. The van der Waals surface area contributed by atoms with Crippen LogP contribution in [0.3, 0.4) is 0 Å². The van der Waals surface area contributed by atoms with E-state index in [0.29, 0.717) is 12.0 Å². The van der Waals surface area contributed by atoms with Gasteiger partial charge in [-0.1, -0.05) is 0 Å². The van der Waals surface area contributed by atoms with Crippen molar-refractivity contribution in [3.63, 3.8) is 0 Å². The zero-order valence-corrected chi connectivity index (χ0v) is 7.49. The van der Waals surface area contributed by atoms with Crippen LogP contribution < -0.4 is 0 Å². The van der Waals surface area contributed by atoms with E-state index in [0.717, 1.165) is 26.1 Å². The zero-order chi connectivity index (χ0) is 8.72. The molecule has 0 saturated carbocycles. The lowest BCUT2D eigenvalue weighted by molar-refractivity contribution is -0.129. The summed E-state index contributed by atoms with van der Waals surface area (Å²) in [6.45, 7) is 4.64. The second-order valence-electron chi connectivity index (χ2n) is 3.86. The SMILES string of the molecule is [CH2-]N1C[C@H]2CCN(C(C)=O)[C@H]2C1. The van der Waals surface area contributed by atoms with Crippen LogP contribution in [0.25, 0.3) is 0 Å². The molecular formula is C9H15N2O-. The highest BCUT2D eigenvalue weighted by atomic mass is 16.2. The van der Waals surface area contributed by atoms with Gasteiger partial charge in [0.15, 0.2) is 0 Å². The van der Waals surface area contributed by atoms with Crippen LogP contribution in [0, 0.1) is 13.0 Å². The van der Waals surface area contributed by atoms with Gasteiger partial charge in [-0.15, -0.1) is 0 Å². The second-order valence-corrected chi connectivity index (χ2v) is 3.86. The Morgan fingerprint density at radius 2 is 2.25 bits per heavy atom. The minimum atomic E-state index is 0.220. The summed E-state index contributed by atoms with van der Waals surface area (Å²) in [5, 5.41) is 0. The lowest BCUT2D eigenvalue weighted by Crippen LogP contribution is -2.37. The predicted octanol–water partition coefficient (Wildman–Crippen LogP) is 0.331. The Morgan fingerprint density at radius 3 is 2.92 bits per heavy atom. The Balaban J connectivity index is 2.08. The molecule has 0 aromatic heterocycles. The quantitative estimate of drug-likeness (QED) is 0.485. The minimum Gasteiger partial charge on any atom is -0.457 e. The number of rotatable bonds is 0. The van der Waals surface area contributed by atoms with Crippen molar-refractivity contribution in [3.8, 4) is 0 Å². The van der Waals surface area contributed by atoms with E-state index in [-0.39, 0.29) is 5.91 Å². The van der Waals surface area contributed by atoms with E-state index in [1.807, 2.05) is 4.90 Å². The van der Waals surface area contributed by atoms with Gasteiger partial charge in [0, 0.05) is 19.5 Å². The number of hydrogen-bond donors (Lipinski definition) is 0. The van der Waals surface area contributed by atoms with Gasteiger partial charge in [0.05, 0.1) is 0 Å². The van der Waals surface area contributed by atoms with E-state index >= 15 is 0 Å². The first-order chi connectivity index (χ1) is 5.68. The van der Waals surface area contributed by atoms with Crippen molar-refractivity contribution in [1.82, 2.24) is 9.80 Å². The van der Waals surface area contributed by atoms with Crippen molar-refractivity contribution < 1.29 is 4.79 Å². The van der Waals surface area contributed by atoms with E-state index in [1.54, 1.807) is 6.92 Å². The van der Waals surface area contributed by atoms with Gasteiger partial charge in [0.1, 0.15) is 0 Å². The molecule has 0 aromatic rings. The third-order valence-corrected chi connectivity index (χ3v) is 3.03. The molecule has 1 amide bonds. The largest absolute Gasteiger partial charge is 0.457 e. The summed E-state index contributed by atoms with van der Waals surface area (Å²) in [4.78, 5) is 15.3. The summed E-state index contributed by atoms with van der Waals surface area (Å²) >= 11 is 0. The van der Waals surface area contributed by atoms with Crippen LogP contribution in [-0.4, -0.2) is 41.4 Å². The number of carbonyl (C=O) groups is 1. The molecule has 2 aliphatic rings. The highest BCUT2D eigenvalue weighted by molar-refractivity contribution is 5.74. The van der Waals surface area contributed by atoms with Crippen LogP contribution in [0.1, 0.15) is 13.3 Å². The van der Waals surface area contributed by atoms with E-state index < -0.39 is 0 Å². The van der Waals surface area contributed by atoms with Gasteiger partial charge in [-0.05, 0) is 25.4 Å². The number of nitrogens with zero attached hydrogens (tertiary/aromatic N) is 2. The lowest BCUT2D eigenvalue weighted by Gasteiger charge is -2.24. The first-order valence-corrected chi connectivity index (χ1v) is 4.51. The fraction of sp³-hybridized carbons (Fsp3) is 0.778. The van der Waals surface area contributed by atoms with E-state index in [9.17, 15) is 4.79 Å². The molecule has 0 N–H and O–H groups in total.